The van der Waals surface area contributed by atoms with Crippen molar-refractivity contribution in [3.8, 4) is 0 Å². The van der Waals surface area contributed by atoms with Crippen molar-refractivity contribution in [2.24, 2.45) is 5.92 Å². The van der Waals surface area contributed by atoms with E-state index in [2.05, 4.69) is 40.2 Å². The van der Waals surface area contributed by atoms with Crippen LogP contribution in [0, 0.1) is 12.8 Å². The zero-order valence-corrected chi connectivity index (χ0v) is 12.4. The Morgan fingerprint density at radius 1 is 1.59 bits per heavy atom. The van der Waals surface area contributed by atoms with Gasteiger partial charge in [0.05, 0.1) is 5.69 Å². The SMILES string of the molecule is CCn1nc(C)cc1C(=O)NC(CBr)C(C)C. The second-order valence-corrected chi connectivity index (χ2v) is 5.11. The van der Waals surface area contributed by atoms with E-state index in [-0.39, 0.29) is 11.9 Å². The van der Waals surface area contributed by atoms with Crippen molar-refractivity contribution >= 4 is 21.8 Å². The minimum atomic E-state index is -0.0504. The molecule has 1 amide bonds. The zero-order chi connectivity index (χ0) is 13.0. The molecule has 1 aromatic heterocycles. The summed E-state index contributed by atoms with van der Waals surface area (Å²) in [5.74, 6) is 0.350. The molecule has 0 saturated heterocycles. The van der Waals surface area contributed by atoms with Gasteiger partial charge in [-0.2, -0.15) is 5.10 Å². The van der Waals surface area contributed by atoms with Gasteiger partial charge in [-0.1, -0.05) is 29.8 Å². The number of rotatable bonds is 5. The first-order chi connectivity index (χ1) is 7.99. The van der Waals surface area contributed by atoms with Crippen molar-refractivity contribution < 1.29 is 4.79 Å². The van der Waals surface area contributed by atoms with Crippen molar-refractivity contribution in [2.75, 3.05) is 5.33 Å². The standard InChI is InChI=1S/C12H20BrN3O/c1-5-16-11(6-9(4)15-16)12(17)14-10(7-13)8(2)3/h6,8,10H,5,7H2,1-4H3,(H,14,17). The Morgan fingerprint density at radius 3 is 2.71 bits per heavy atom. The number of hydrogen-bond acceptors (Lipinski definition) is 2. The maximum absolute atomic E-state index is 12.1. The van der Waals surface area contributed by atoms with Gasteiger partial charge in [0.2, 0.25) is 0 Å². The zero-order valence-electron chi connectivity index (χ0n) is 10.8. The Bertz CT molecular complexity index is 387. The Morgan fingerprint density at radius 2 is 2.24 bits per heavy atom. The van der Waals surface area contributed by atoms with Crippen LogP contribution in [-0.2, 0) is 6.54 Å². The lowest BCUT2D eigenvalue weighted by Gasteiger charge is -2.19. The number of nitrogens with one attached hydrogen (secondary N) is 1. The van der Waals surface area contributed by atoms with Gasteiger partial charge in [-0.15, -0.1) is 0 Å². The first kappa shape index (κ1) is 14.2. The highest BCUT2D eigenvalue weighted by molar-refractivity contribution is 9.09. The van der Waals surface area contributed by atoms with E-state index in [0.717, 1.165) is 11.0 Å². The van der Waals surface area contributed by atoms with Gasteiger partial charge in [0.1, 0.15) is 5.69 Å². The smallest absolute Gasteiger partial charge is 0.269 e. The Labute approximate surface area is 111 Å². The van der Waals surface area contributed by atoms with Gasteiger partial charge in [0.25, 0.3) is 5.91 Å². The van der Waals surface area contributed by atoms with Crippen LogP contribution in [-0.4, -0.2) is 27.1 Å². The second-order valence-electron chi connectivity index (χ2n) is 4.46. The van der Waals surface area contributed by atoms with E-state index in [1.807, 2.05) is 19.9 Å². The summed E-state index contributed by atoms with van der Waals surface area (Å²) >= 11 is 3.42. The van der Waals surface area contributed by atoms with Crippen LogP contribution in [0.5, 0.6) is 0 Å². The fourth-order valence-corrected chi connectivity index (χ4v) is 2.50. The fourth-order valence-electron chi connectivity index (χ4n) is 1.60. The van der Waals surface area contributed by atoms with E-state index in [1.165, 1.54) is 0 Å². The lowest BCUT2D eigenvalue weighted by Crippen LogP contribution is -2.40. The summed E-state index contributed by atoms with van der Waals surface area (Å²) in [5.41, 5.74) is 1.51. The molecule has 0 aliphatic rings. The molecule has 1 N–H and O–H groups in total. The average molecular weight is 302 g/mol. The van der Waals surface area contributed by atoms with Crippen LogP contribution in [0.3, 0.4) is 0 Å². The Kier molecular flexibility index (Phi) is 5.18. The molecule has 1 aromatic rings. The van der Waals surface area contributed by atoms with Crippen LogP contribution in [0.15, 0.2) is 6.07 Å². The van der Waals surface area contributed by atoms with Crippen molar-refractivity contribution in [1.29, 1.82) is 0 Å². The summed E-state index contributed by atoms with van der Waals surface area (Å²) in [4.78, 5) is 12.1. The van der Waals surface area contributed by atoms with E-state index in [9.17, 15) is 4.79 Å². The largest absolute Gasteiger partial charge is 0.347 e. The summed E-state index contributed by atoms with van der Waals surface area (Å²) in [6.45, 7) is 8.77. The third-order valence-corrected chi connectivity index (χ3v) is 3.42. The molecule has 17 heavy (non-hydrogen) atoms. The molecule has 5 heteroatoms. The predicted octanol–water partition coefficient (Wildman–Crippen LogP) is 2.36. The van der Waals surface area contributed by atoms with Gasteiger partial charge in [-0.3, -0.25) is 9.48 Å². The van der Waals surface area contributed by atoms with E-state index < -0.39 is 0 Å². The normalized spacial score (nSPS) is 12.8. The molecule has 96 valence electrons. The van der Waals surface area contributed by atoms with Crippen LogP contribution >= 0.6 is 15.9 Å². The number of hydrogen-bond donors (Lipinski definition) is 1. The average Bonchev–Trinajstić information content (AvgIpc) is 2.66. The molecule has 4 nitrogen and oxygen atoms in total. The molecule has 1 unspecified atom stereocenters. The molecule has 0 aliphatic heterocycles. The molecular formula is C12H20BrN3O. The molecule has 1 heterocycles. The molecule has 0 fully saturated rings. The van der Waals surface area contributed by atoms with E-state index in [4.69, 9.17) is 0 Å². The van der Waals surface area contributed by atoms with Gasteiger partial charge in [-0.25, -0.2) is 0 Å². The molecule has 0 spiro atoms. The maximum Gasteiger partial charge on any atom is 0.269 e. The number of halogens is 1. The Hall–Kier alpha value is -0.840. The first-order valence-electron chi connectivity index (χ1n) is 5.90. The van der Waals surface area contributed by atoms with Crippen molar-refractivity contribution in [1.82, 2.24) is 15.1 Å². The van der Waals surface area contributed by atoms with Crippen LogP contribution in [0.2, 0.25) is 0 Å². The van der Waals surface area contributed by atoms with Gasteiger partial charge in [-0.05, 0) is 25.8 Å². The highest BCUT2D eigenvalue weighted by Crippen LogP contribution is 2.08. The molecular weight excluding hydrogens is 282 g/mol. The van der Waals surface area contributed by atoms with Crippen LogP contribution in [0.1, 0.15) is 37.0 Å². The summed E-state index contributed by atoms with van der Waals surface area (Å²) < 4.78 is 1.73. The summed E-state index contributed by atoms with van der Waals surface area (Å²) in [6.07, 6.45) is 0. The second kappa shape index (κ2) is 6.19. The highest BCUT2D eigenvalue weighted by Gasteiger charge is 2.18. The number of aryl methyl sites for hydroxylation is 2. The van der Waals surface area contributed by atoms with Crippen molar-refractivity contribution in [2.45, 2.75) is 40.3 Å². The van der Waals surface area contributed by atoms with E-state index >= 15 is 0 Å². The number of aromatic nitrogens is 2. The number of amides is 1. The predicted molar refractivity (Wildman–Crippen MR) is 72.5 cm³/mol. The molecule has 1 atom stereocenters. The molecule has 0 radical (unpaired) electrons. The minimum Gasteiger partial charge on any atom is -0.347 e. The monoisotopic (exact) mass is 301 g/mol. The van der Waals surface area contributed by atoms with Crippen LogP contribution < -0.4 is 5.32 Å². The molecule has 1 rings (SSSR count). The van der Waals surface area contributed by atoms with Crippen molar-refractivity contribution in [3.63, 3.8) is 0 Å². The maximum atomic E-state index is 12.1. The topological polar surface area (TPSA) is 46.9 Å². The molecule has 0 aromatic carbocycles. The fraction of sp³-hybridized carbons (Fsp3) is 0.667. The number of alkyl halides is 1. The molecule has 0 aliphatic carbocycles. The highest BCUT2D eigenvalue weighted by atomic mass is 79.9. The lowest BCUT2D eigenvalue weighted by atomic mass is 10.1. The Balaban J connectivity index is 2.81. The third-order valence-electron chi connectivity index (χ3n) is 2.72. The van der Waals surface area contributed by atoms with Gasteiger partial charge in [0.15, 0.2) is 0 Å². The summed E-state index contributed by atoms with van der Waals surface area (Å²) in [5, 5.41) is 8.06. The van der Waals surface area contributed by atoms with Gasteiger partial charge in [0, 0.05) is 17.9 Å². The summed E-state index contributed by atoms with van der Waals surface area (Å²) in [6, 6.07) is 1.97. The molecule has 0 bridgehead atoms. The third kappa shape index (κ3) is 3.56. The first-order valence-corrected chi connectivity index (χ1v) is 7.03. The summed E-state index contributed by atoms with van der Waals surface area (Å²) in [7, 11) is 0. The van der Waals surface area contributed by atoms with Gasteiger partial charge < -0.3 is 5.32 Å². The quantitative estimate of drug-likeness (QED) is 0.849. The molecule has 0 saturated carbocycles. The van der Waals surface area contributed by atoms with Gasteiger partial charge >= 0.3 is 0 Å². The van der Waals surface area contributed by atoms with E-state index in [1.54, 1.807) is 4.68 Å². The van der Waals surface area contributed by atoms with Crippen LogP contribution in [0.25, 0.3) is 0 Å². The van der Waals surface area contributed by atoms with E-state index in [0.29, 0.717) is 18.2 Å². The number of carbonyl (C=O) groups excluding carboxylic acids is 1. The minimum absolute atomic E-state index is 0.0504. The van der Waals surface area contributed by atoms with Crippen LogP contribution in [0.4, 0.5) is 0 Å². The number of carbonyl (C=O) groups is 1. The lowest BCUT2D eigenvalue weighted by molar-refractivity contribution is 0.0921. The number of nitrogens with zero attached hydrogens (tertiary/aromatic N) is 2. The van der Waals surface area contributed by atoms with Crippen molar-refractivity contribution in [3.05, 3.63) is 17.5 Å².